The molecule has 1 aromatic carbocycles. The minimum absolute atomic E-state index is 0.135. The molecule has 1 aromatic rings. The second-order valence-corrected chi connectivity index (χ2v) is 6.45. The molecule has 0 unspecified atom stereocenters. The number of piperazine rings is 1. The molecular formula is C13H16BrIN2O. The van der Waals surface area contributed by atoms with Crippen LogP contribution in [0.15, 0.2) is 22.7 Å². The summed E-state index contributed by atoms with van der Waals surface area (Å²) in [6, 6.07) is 5.88. The standard InChI is InChI=1S/C13H16BrIN2O/c1-2-16-5-7-17(8-6-16)13(18)11-9-10(15)3-4-12(11)14/h3-4,9H,2,5-8H2,1H3. The molecule has 1 heterocycles. The molecule has 0 N–H and O–H groups in total. The van der Waals surface area contributed by atoms with Crippen molar-refractivity contribution in [2.45, 2.75) is 6.92 Å². The van der Waals surface area contributed by atoms with E-state index in [0.717, 1.165) is 46.3 Å². The third kappa shape index (κ3) is 3.24. The van der Waals surface area contributed by atoms with Crippen molar-refractivity contribution in [2.24, 2.45) is 0 Å². The first-order valence-electron chi connectivity index (χ1n) is 6.08. The molecule has 1 aliphatic rings. The molecule has 0 spiro atoms. The van der Waals surface area contributed by atoms with Gasteiger partial charge < -0.3 is 9.80 Å². The Morgan fingerprint density at radius 1 is 1.33 bits per heavy atom. The Hall–Kier alpha value is -0.140. The quantitative estimate of drug-likeness (QED) is 0.684. The van der Waals surface area contributed by atoms with Crippen molar-refractivity contribution in [2.75, 3.05) is 32.7 Å². The Kier molecular flexibility index (Phi) is 5.03. The van der Waals surface area contributed by atoms with E-state index >= 15 is 0 Å². The Bertz CT molecular complexity index is 445. The van der Waals surface area contributed by atoms with Crippen LogP contribution in [0.25, 0.3) is 0 Å². The van der Waals surface area contributed by atoms with Crippen LogP contribution < -0.4 is 0 Å². The van der Waals surface area contributed by atoms with Gasteiger partial charge in [-0.05, 0) is 63.3 Å². The second-order valence-electron chi connectivity index (χ2n) is 4.35. The first-order valence-corrected chi connectivity index (χ1v) is 7.95. The molecule has 0 radical (unpaired) electrons. The van der Waals surface area contributed by atoms with Crippen LogP contribution in [0, 0.1) is 3.57 Å². The molecule has 1 aliphatic heterocycles. The van der Waals surface area contributed by atoms with Gasteiger partial charge in [0.05, 0.1) is 5.56 Å². The number of carbonyl (C=O) groups is 1. The first kappa shape index (κ1) is 14.3. The van der Waals surface area contributed by atoms with E-state index in [-0.39, 0.29) is 5.91 Å². The molecule has 0 aliphatic carbocycles. The molecular weight excluding hydrogens is 407 g/mol. The van der Waals surface area contributed by atoms with E-state index in [0.29, 0.717) is 0 Å². The first-order chi connectivity index (χ1) is 8.61. The van der Waals surface area contributed by atoms with Gasteiger partial charge >= 0.3 is 0 Å². The Balaban J connectivity index is 2.10. The van der Waals surface area contributed by atoms with Crippen LogP contribution in [0.5, 0.6) is 0 Å². The molecule has 0 bridgehead atoms. The number of nitrogens with zero attached hydrogens (tertiary/aromatic N) is 2. The predicted octanol–water partition coefficient (Wildman–Crippen LogP) is 2.83. The number of amides is 1. The minimum Gasteiger partial charge on any atom is -0.336 e. The highest BCUT2D eigenvalue weighted by Crippen LogP contribution is 2.21. The summed E-state index contributed by atoms with van der Waals surface area (Å²) in [7, 11) is 0. The van der Waals surface area contributed by atoms with Gasteiger partial charge in [0.15, 0.2) is 0 Å². The maximum atomic E-state index is 12.4. The minimum atomic E-state index is 0.135. The van der Waals surface area contributed by atoms with Gasteiger partial charge in [0.25, 0.3) is 5.91 Å². The average Bonchev–Trinajstić information content (AvgIpc) is 2.41. The summed E-state index contributed by atoms with van der Waals surface area (Å²) in [6.07, 6.45) is 0. The summed E-state index contributed by atoms with van der Waals surface area (Å²) in [5.74, 6) is 0.135. The number of likely N-dealkylation sites (N-methyl/N-ethyl adjacent to an activating group) is 1. The van der Waals surface area contributed by atoms with Crippen LogP contribution >= 0.6 is 38.5 Å². The van der Waals surface area contributed by atoms with Crippen molar-refractivity contribution >= 4 is 44.4 Å². The smallest absolute Gasteiger partial charge is 0.255 e. The van der Waals surface area contributed by atoms with E-state index in [4.69, 9.17) is 0 Å². The van der Waals surface area contributed by atoms with Crippen molar-refractivity contribution < 1.29 is 4.79 Å². The Labute approximate surface area is 130 Å². The predicted molar refractivity (Wildman–Crippen MR) is 84.9 cm³/mol. The topological polar surface area (TPSA) is 23.6 Å². The molecule has 0 atom stereocenters. The van der Waals surface area contributed by atoms with E-state index in [9.17, 15) is 4.79 Å². The highest BCUT2D eigenvalue weighted by Gasteiger charge is 2.22. The maximum absolute atomic E-state index is 12.4. The Morgan fingerprint density at radius 3 is 2.61 bits per heavy atom. The fourth-order valence-corrected chi connectivity index (χ4v) is 3.01. The number of rotatable bonds is 2. The van der Waals surface area contributed by atoms with Gasteiger partial charge in [-0.1, -0.05) is 6.92 Å². The molecule has 5 heteroatoms. The van der Waals surface area contributed by atoms with Crippen LogP contribution in [-0.4, -0.2) is 48.4 Å². The summed E-state index contributed by atoms with van der Waals surface area (Å²) < 4.78 is 1.97. The molecule has 98 valence electrons. The van der Waals surface area contributed by atoms with Crippen molar-refractivity contribution in [1.29, 1.82) is 0 Å². The van der Waals surface area contributed by atoms with E-state index < -0.39 is 0 Å². The molecule has 2 rings (SSSR count). The van der Waals surface area contributed by atoms with Crippen molar-refractivity contribution in [3.63, 3.8) is 0 Å². The van der Waals surface area contributed by atoms with Crippen molar-refractivity contribution in [3.05, 3.63) is 31.8 Å². The van der Waals surface area contributed by atoms with E-state index in [1.54, 1.807) is 0 Å². The van der Waals surface area contributed by atoms with Gasteiger partial charge in [0.1, 0.15) is 0 Å². The zero-order valence-electron chi connectivity index (χ0n) is 10.3. The molecule has 1 amide bonds. The molecule has 1 fully saturated rings. The zero-order valence-corrected chi connectivity index (χ0v) is 14.1. The average molecular weight is 423 g/mol. The zero-order chi connectivity index (χ0) is 13.1. The lowest BCUT2D eigenvalue weighted by atomic mass is 10.2. The molecule has 1 saturated heterocycles. The lowest BCUT2D eigenvalue weighted by molar-refractivity contribution is 0.0642. The van der Waals surface area contributed by atoms with E-state index in [2.05, 4.69) is 50.3 Å². The lowest BCUT2D eigenvalue weighted by Gasteiger charge is -2.34. The summed E-state index contributed by atoms with van der Waals surface area (Å²) in [5.41, 5.74) is 0.770. The fraction of sp³-hybridized carbons (Fsp3) is 0.462. The number of carbonyl (C=O) groups excluding carboxylic acids is 1. The summed E-state index contributed by atoms with van der Waals surface area (Å²) in [4.78, 5) is 16.8. The van der Waals surface area contributed by atoms with Crippen molar-refractivity contribution in [3.8, 4) is 0 Å². The van der Waals surface area contributed by atoms with Crippen LogP contribution in [-0.2, 0) is 0 Å². The molecule has 18 heavy (non-hydrogen) atoms. The number of halogens is 2. The van der Waals surface area contributed by atoms with Gasteiger partial charge in [-0.3, -0.25) is 4.79 Å². The van der Waals surface area contributed by atoms with Crippen molar-refractivity contribution in [1.82, 2.24) is 9.80 Å². The highest BCUT2D eigenvalue weighted by molar-refractivity contribution is 14.1. The maximum Gasteiger partial charge on any atom is 0.255 e. The molecule has 3 nitrogen and oxygen atoms in total. The van der Waals surface area contributed by atoms with Gasteiger partial charge in [-0.25, -0.2) is 0 Å². The van der Waals surface area contributed by atoms with Crippen LogP contribution in [0.1, 0.15) is 17.3 Å². The number of benzene rings is 1. The van der Waals surface area contributed by atoms with Crippen LogP contribution in [0.3, 0.4) is 0 Å². The van der Waals surface area contributed by atoms with Gasteiger partial charge in [-0.2, -0.15) is 0 Å². The second kappa shape index (κ2) is 6.34. The fourth-order valence-electron chi connectivity index (χ4n) is 2.10. The highest BCUT2D eigenvalue weighted by atomic mass is 127. The largest absolute Gasteiger partial charge is 0.336 e. The SMILES string of the molecule is CCN1CCN(C(=O)c2cc(I)ccc2Br)CC1. The third-order valence-corrected chi connectivity index (χ3v) is 4.63. The number of hydrogen-bond donors (Lipinski definition) is 0. The lowest BCUT2D eigenvalue weighted by Crippen LogP contribution is -2.48. The molecule has 0 saturated carbocycles. The van der Waals surface area contributed by atoms with Gasteiger partial charge in [0.2, 0.25) is 0 Å². The monoisotopic (exact) mass is 422 g/mol. The Morgan fingerprint density at radius 2 is 2.00 bits per heavy atom. The molecule has 0 aromatic heterocycles. The van der Waals surface area contributed by atoms with Gasteiger partial charge in [0, 0.05) is 34.2 Å². The van der Waals surface area contributed by atoms with Crippen LogP contribution in [0.2, 0.25) is 0 Å². The normalized spacial score (nSPS) is 16.9. The number of hydrogen-bond acceptors (Lipinski definition) is 2. The summed E-state index contributed by atoms with van der Waals surface area (Å²) in [6.45, 7) is 6.82. The summed E-state index contributed by atoms with van der Waals surface area (Å²) >= 11 is 5.70. The van der Waals surface area contributed by atoms with E-state index in [1.807, 2.05) is 23.1 Å². The van der Waals surface area contributed by atoms with Gasteiger partial charge in [-0.15, -0.1) is 0 Å². The van der Waals surface area contributed by atoms with Crippen LogP contribution in [0.4, 0.5) is 0 Å². The summed E-state index contributed by atoms with van der Waals surface area (Å²) in [5, 5.41) is 0. The third-order valence-electron chi connectivity index (χ3n) is 3.27. The van der Waals surface area contributed by atoms with E-state index in [1.165, 1.54) is 0 Å².